The van der Waals surface area contributed by atoms with Gasteiger partial charge in [-0.05, 0) is 64.7 Å². The molecule has 0 radical (unpaired) electrons. The van der Waals surface area contributed by atoms with Gasteiger partial charge in [-0.1, -0.05) is 75.1 Å². The monoisotopic (exact) mass is 1410 g/mol. The van der Waals surface area contributed by atoms with Crippen molar-refractivity contribution < 1.29 is 112 Å². The van der Waals surface area contributed by atoms with Crippen molar-refractivity contribution in [2.75, 3.05) is 20.3 Å². The summed E-state index contributed by atoms with van der Waals surface area (Å²) in [6, 6.07) is -11.9. The number of hydrogen-bond donors (Lipinski definition) is 20. The lowest BCUT2D eigenvalue weighted by molar-refractivity contribution is -0.283. The highest BCUT2D eigenvalue weighted by Crippen LogP contribution is 2.32. The molecule has 14 amide bonds. The van der Waals surface area contributed by atoms with E-state index < -0.39 is 242 Å². The van der Waals surface area contributed by atoms with Crippen LogP contribution in [0.5, 0.6) is 5.75 Å². The summed E-state index contributed by atoms with van der Waals surface area (Å²) in [7, 11) is 1.02. The summed E-state index contributed by atoms with van der Waals surface area (Å²) in [4.78, 5) is 187. The molecule has 37 nitrogen and oxygen atoms in total. The summed E-state index contributed by atoms with van der Waals surface area (Å²) in [6.45, 7) is 5.03. The van der Waals surface area contributed by atoms with Crippen LogP contribution in [-0.2, 0) is 78.2 Å². The predicted octanol–water partition coefficient (Wildman–Crippen LogP) is -6.68. The highest BCUT2D eigenvalue weighted by Gasteiger charge is 2.49. The molecular formula is C63H90N14O23. The Morgan fingerprint density at radius 1 is 0.820 bits per heavy atom. The highest BCUT2D eigenvalue weighted by atomic mass is 16.7. The minimum Gasteiger partial charge on any atom is -0.507 e. The largest absolute Gasteiger partial charge is 0.507 e. The molecule has 1 fully saturated rings. The molecule has 100 heavy (non-hydrogen) atoms. The van der Waals surface area contributed by atoms with E-state index in [2.05, 4.69) is 70.4 Å². The first-order valence-corrected chi connectivity index (χ1v) is 32.2. The predicted molar refractivity (Wildman–Crippen MR) is 347 cm³/mol. The van der Waals surface area contributed by atoms with Crippen LogP contribution in [-0.4, -0.2) is 236 Å². The van der Waals surface area contributed by atoms with Crippen molar-refractivity contribution in [1.82, 2.24) is 58.5 Å². The van der Waals surface area contributed by atoms with Crippen molar-refractivity contribution in [3.05, 3.63) is 77.2 Å². The van der Waals surface area contributed by atoms with Gasteiger partial charge >= 0.3 is 6.03 Å². The zero-order valence-corrected chi connectivity index (χ0v) is 55.8. The quantitative estimate of drug-likeness (QED) is 0.0275. The first-order chi connectivity index (χ1) is 47.3. The van der Waals surface area contributed by atoms with E-state index in [1.54, 1.807) is 6.08 Å². The Kier molecular flexibility index (Phi) is 30.9. The maximum atomic E-state index is 15.2. The SMILES string of the molecule is CC=C1NC(=O)[C@@H]2Cc3ccc(O)c(c3)C3=NC(=O)N[C@@]3(OC)C[C@H](NC(=O)[C@@H](CCC(N)=O)NC(=O)CNC(=O)[C@@H]([C@@H](O)CC(N)=O)NC1=O)C(=O)N[C@@H](C)[C@H](NC(=O)C(=CC)NC(=O)[C@@H](O)[C@@H](C=CC=CCCCCCCC)O[C@H]1OC[C@@H](O)[C@H](O)[C@@H]1O)C(=O)N[C@H]([C@@H](C)O)C(=O)N2. The number of nitrogens with zero attached hydrogens (tertiary/aromatic N) is 1. The fraction of sp³-hybridized carbons (Fsp3) is 0.556. The van der Waals surface area contributed by atoms with Crippen LogP contribution in [0.1, 0.15) is 110 Å². The molecule has 0 spiro atoms. The van der Waals surface area contributed by atoms with Gasteiger partial charge in [0.05, 0.1) is 37.8 Å². The Labute approximate surface area is 573 Å². The lowest BCUT2D eigenvalue weighted by atomic mass is 9.90. The molecule has 4 aliphatic rings. The molecule has 1 aromatic carbocycles. The molecule has 4 bridgehead atoms. The third kappa shape index (κ3) is 22.7. The van der Waals surface area contributed by atoms with Crippen molar-refractivity contribution in [2.24, 2.45) is 16.5 Å². The molecule has 0 aliphatic carbocycles. The molecule has 1 aromatic rings. The van der Waals surface area contributed by atoms with Crippen LogP contribution in [0.4, 0.5) is 4.79 Å². The lowest BCUT2D eigenvalue weighted by Crippen LogP contribution is -2.65. The minimum atomic E-state index is -2.40. The number of phenols is 1. The number of nitrogens with two attached hydrogens (primary N) is 2. The number of allylic oxidation sites excluding steroid dienone is 5. The van der Waals surface area contributed by atoms with Crippen molar-refractivity contribution in [3.63, 3.8) is 0 Å². The Bertz CT molecular complexity index is 3360. The summed E-state index contributed by atoms with van der Waals surface area (Å²) >= 11 is 0. The number of aliphatic hydroxyl groups excluding tert-OH is 6. The van der Waals surface area contributed by atoms with Crippen LogP contribution in [0.15, 0.2) is 71.0 Å². The van der Waals surface area contributed by atoms with Crippen molar-refractivity contribution in [3.8, 4) is 5.75 Å². The molecule has 0 aromatic heterocycles. The van der Waals surface area contributed by atoms with Gasteiger partial charge in [0, 0.05) is 31.9 Å². The number of fused-ring (bicyclic) bond motifs is 2. The molecule has 4 aliphatic heterocycles. The number of phenolic OH excluding ortho intramolecular Hbond substituents is 1. The van der Waals surface area contributed by atoms with Crippen LogP contribution in [0.2, 0.25) is 0 Å². The van der Waals surface area contributed by atoms with E-state index in [9.17, 15) is 88.5 Å². The Morgan fingerprint density at radius 2 is 1.52 bits per heavy atom. The summed E-state index contributed by atoms with van der Waals surface area (Å²) in [5, 5.41) is 102. The fourth-order valence-electron chi connectivity index (χ4n) is 10.7. The number of primary amides is 2. The normalized spacial score (nSPS) is 28.1. The van der Waals surface area contributed by atoms with Gasteiger partial charge in [0.15, 0.2) is 18.1 Å². The Hall–Kier alpha value is -9.60. The molecule has 5 rings (SSSR count). The van der Waals surface area contributed by atoms with Gasteiger partial charge in [0.2, 0.25) is 53.2 Å². The number of nitrogens with one attached hydrogen (secondary N) is 11. The summed E-state index contributed by atoms with van der Waals surface area (Å²) in [5.41, 5.74) is 6.10. The third-order valence-corrected chi connectivity index (χ3v) is 16.3. The van der Waals surface area contributed by atoms with Gasteiger partial charge in [-0.25, -0.2) is 4.79 Å². The van der Waals surface area contributed by atoms with Gasteiger partial charge in [0.1, 0.15) is 83.5 Å². The van der Waals surface area contributed by atoms with Gasteiger partial charge < -0.3 is 120 Å². The first kappa shape index (κ1) is 81.1. The number of rotatable bonds is 23. The Morgan fingerprint density at radius 3 is 2.17 bits per heavy atom. The number of unbranched alkanes of at least 4 members (excludes halogenated alkanes) is 5. The van der Waals surface area contributed by atoms with Gasteiger partial charge in [0.25, 0.3) is 17.7 Å². The molecule has 37 heteroatoms. The maximum Gasteiger partial charge on any atom is 0.343 e. The maximum absolute atomic E-state index is 15.2. The zero-order chi connectivity index (χ0) is 74.3. The number of methoxy groups -OCH3 is 1. The number of aliphatic hydroxyl groups is 6. The standard InChI is InChI=1S/C63H90N14O23/c1-7-10-11-12-13-14-15-16-17-18-41(100-61-50(87)48(85)40(81)28-99-61)49(86)60(96)70-34(9-3)52(88)73-45-29(4)67-56(92)37-26-63(98-6)51(76-62(97)77-63)32-23-31(19-21-38(32)79)24-36(71-59(95)46(30(5)78)74-58(45)94)55(91)69-33(8-2)53(89)75-47(39(80)25-43(65)83)57(93)66-27-44(84)68-35(54(90)72-37)20-22-42(64)82/h8-9,15-19,21,23,29-30,35-37,39-41,45-50,61,78-81,85-87H,7,10-14,20,22,24-28H2,1-6H3,(H2,64,82)(H2,65,83)(H,66,93)(H,67,92)(H,68,84)(H,69,91)(H,70,96)(H,71,95)(H,72,90)(H,73,88)(H,74,94)(H,75,89)(H,77,97)/t29-,30+,35+,36-,37-,39-,40+,41+,45-,46+,47+,48-,49-,50-,61+,63+/m0/s1. The lowest BCUT2D eigenvalue weighted by Gasteiger charge is -2.36. The van der Waals surface area contributed by atoms with E-state index in [1.165, 1.54) is 38.1 Å². The topological polar surface area (TPSA) is 588 Å². The van der Waals surface area contributed by atoms with Crippen LogP contribution in [0.25, 0.3) is 0 Å². The van der Waals surface area contributed by atoms with Gasteiger partial charge in [-0.15, -0.1) is 0 Å². The average molecular weight is 1410 g/mol. The summed E-state index contributed by atoms with van der Waals surface area (Å²) < 4.78 is 17.0. The molecule has 0 saturated carbocycles. The zero-order valence-electron chi connectivity index (χ0n) is 55.8. The Balaban J connectivity index is 1.68. The van der Waals surface area contributed by atoms with Crippen molar-refractivity contribution >= 4 is 82.6 Å². The van der Waals surface area contributed by atoms with E-state index in [1.807, 2.05) is 6.08 Å². The number of aliphatic imine (C=N–C) groups is 1. The first-order valence-electron chi connectivity index (χ1n) is 32.2. The van der Waals surface area contributed by atoms with E-state index in [-0.39, 0.29) is 11.1 Å². The molecule has 4 heterocycles. The highest BCUT2D eigenvalue weighted by molar-refractivity contribution is 6.17. The van der Waals surface area contributed by atoms with E-state index >= 15 is 9.59 Å². The van der Waals surface area contributed by atoms with Crippen LogP contribution in [0, 0.1) is 0 Å². The second kappa shape index (κ2) is 38.1. The number of benzene rings is 1. The van der Waals surface area contributed by atoms with Gasteiger partial charge in [-0.3, -0.25) is 57.5 Å². The van der Waals surface area contributed by atoms with E-state index in [0.29, 0.717) is 6.42 Å². The number of urea groups is 1. The molecule has 0 unspecified atom stereocenters. The average Bonchev–Trinajstić information content (AvgIpc) is 1.58. The number of carbonyl (C=O) groups excluding carboxylic acids is 13. The number of aromatic hydroxyl groups is 1. The summed E-state index contributed by atoms with van der Waals surface area (Å²) in [5.74, 6) is -16.2. The number of hydrogen-bond acceptors (Lipinski definition) is 23. The van der Waals surface area contributed by atoms with Crippen LogP contribution >= 0.6 is 0 Å². The van der Waals surface area contributed by atoms with Crippen LogP contribution in [0.3, 0.4) is 0 Å². The molecule has 1 saturated heterocycles. The molecular weight excluding hydrogens is 1320 g/mol. The second-order valence-electron chi connectivity index (χ2n) is 24.0. The minimum absolute atomic E-state index is 0.00469. The number of ether oxygens (including phenoxy) is 3. The molecule has 16 atom stereocenters. The third-order valence-electron chi connectivity index (χ3n) is 16.3. The fourth-order valence-corrected chi connectivity index (χ4v) is 10.7. The number of carbonyl (C=O) groups is 13. The molecule has 550 valence electrons. The van der Waals surface area contributed by atoms with Crippen LogP contribution < -0.4 is 70.0 Å². The number of amides is 14. The van der Waals surface area contributed by atoms with E-state index in [4.69, 9.17) is 25.7 Å². The smallest absolute Gasteiger partial charge is 0.343 e. The van der Waals surface area contributed by atoms with Crippen molar-refractivity contribution in [1.29, 1.82) is 0 Å². The summed E-state index contributed by atoms with van der Waals surface area (Å²) in [6.07, 6.45) is -5.24. The van der Waals surface area contributed by atoms with Crippen molar-refractivity contribution in [2.45, 2.75) is 202 Å². The molecule has 22 N–H and O–H groups in total. The van der Waals surface area contributed by atoms with E-state index in [0.717, 1.165) is 71.3 Å². The second-order valence-corrected chi connectivity index (χ2v) is 24.0. The van der Waals surface area contributed by atoms with Gasteiger partial charge in [-0.2, -0.15) is 4.99 Å².